The number of hydrogen-bond donors (Lipinski definition) is 2. The zero-order chi connectivity index (χ0) is 14.1. The van der Waals surface area contributed by atoms with Crippen molar-refractivity contribution in [3.63, 3.8) is 0 Å². The van der Waals surface area contributed by atoms with Gasteiger partial charge >= 0.3 is 5.97 Å². The van der Waals surface area contributed by atoms with Crippen LogP contribution in [-0.2, 0) is 4.79 Å². The molecular weight excluding hydrogens is 258 g/mol. The van der Waals surface area contributed by atoms with Crippen molar-refractivity contribution in [3.05, 3.63) is 35.5 Å². The average Bonchev–Trinajstić information content (AvgIpc) is 2.86. The maximum atomic E-state index is 11.7. The number of rotatable bonds is 3. The smallest absolute Gasteiger partial charge is 0.325 e. The van der Waals surface area contributed by atoms with Crippen molar-refractivity contribution >= 4 is 5.97 Å². The van der Waals surface area contributed by atoms with E-state index in [2.05, 4.69) is 10.9 Å². The highest BCUT2D eigenvalue weighted by Gasteiger charge is 2.29. The number of carbonyl (C=O) groups is 1. The summed E-state index contributed by atoms with van der Waals surface area (Å²) in [6.07, 6.45) is 1.90. The first kappa shape index (κ1) is 13.0. The summed E-state index contributed by atoms with van der Waals surface area (Å²) in [5.41, 5.74) is 8.25. The fourth-order valence-electron chi connectivity index (χ4n) is 2.33. The normalized spacial score (nSPS) is 19.6. The van der Waals surface area contributed by atoms with Gasteiger partial charge in [0.05, 0.1) is 12.6 Å². The first-order valence-corrected chi connectivity index (χ1v) is 6.45. The standard InChI is InChI=1S/C14H17N3O3/c1-17(2)7-13(18)20-10-3-4-12-11(5-10)14-9(8-19-12)6-15-16-14/h3-6,14-16H,7-8H2,1-2H3. The fraction of sp³-hybridized carbons (Fsp3) is 0.357. The van der Waals surface area contributed by atoms with Gasteiger partial charge in [0.15, 0.2) is 0 Å². The summed E-state index contributed by atoms with van der Waals surface area (Å²) < 4.78 is 11.0. The summed E-state index contributed by atoms with van der Waals surface area (Å²) in [5.74, 6) is 1.07. The van der Waals surface area contributed by atoms with Crippen LogP contribution in [0.1, 0.15) is 11.6 Å². The van der Waals surface area contributed by atoms with E-state index in [0.29, 0.717) is 12.4 Å². The molecule has 0 fully saturated rings. The molecule has 0 bridgehead atoms. The van der Waals surface area contributed by atoms with E-state index in [4.69, 9.17) is 9.47 Å². The SMILES string of the molecule is CN(C)CC(=O)Oc1ccc2c(c1)C1NNC=C1CO2. The van der Waals surface area contributed by atoms with Crippen LogP contribution in [0, 0.1) is 0 Å². The molecule has 2 aliphatic rings. The van der Waals surface area contributed by atoms with E-state index in [0.717, 1.165) is 16.9 Å². The fourth-order valence-corrected chi connectivity index (χ4v) is 2.33. The summed E-state index contributed by atoms with van der Waals surface area (Å²) in [4.78, 5) is 13.5. The Hall–Kier alpha value is -2.05. The molecule has 0 aliphatic carbocycles. The lowest BCUT2D eigenvalue weighted by Gasteiger charge is -2.25. The first-order chi connectivity index (χ1) is 9.63. The summed E-state index contributed by atoms with van der Waals surface area (Å²) in [7, 11) is 3.65. The van der Waals surface area contributed by atoms with Crippen LogP contribution in [0.3, 0.4) is 0 Å². The highest BCUT2D eigenvalue weighted by Crippen LogP contribution is 2.38. The number of nitrogens with one attached hydrogen (secondary N) is 2. The third kappa shape index (κ3) is 2.48. The first-order valence-electron chi connectivity index (χ1n) is 6.45. The summed E-state index contributed by atoms with van der Waals surface area (Å²) in [6, 6.07) is 5.51. The quantitative estimate of drug-likeness (QED) is 0.621. The van der Waals surface area contributed by atoms with Gasteiger partial charge in [0.1, 0.15) is 18.1 Å². The van der Waals surface area contributed by atoms with Crippen molar-refractivity contribution in [3.8, 4) is 11.5 Å². The minimum absolute atomic E-state index is 0.0752. The third-order valence-electron chi connectivity index (χ3n) is 3.22. The van der Waals surface area contributed by atoms with Crippen molar-refractivity contribution < 1.29 is 14.3 Å². The van der Waals surface area contributed by atoms with Gasteiger partial charge in [-0.3, -0.25) is 9.69 Å². The number of ether oxygens (including phenoxy) is 2. The molecule has 2 heterocycles. The monoisotopic (exact) mass is 275 g/mol. The molecule has 0 aromatic heterocycles. The topological polar surface area (TPSA) is 62.8 Å². The van der Waals surface area contributed by atoms with Gasteiger partial charge in [0, 0.05) is 17.3 Å². The van der Waals surface area contributed by atoms with Crippen molar-refractivity contribution in [2.24, 2.45) is 0 Å². The number of esters is 1. The lowest BCUT2D eigenvalue weighted by molar-refractivity contribution is -0.135. The zero-order valence-corrected chi connectivity index (χ0v) is 11.5. The summed E-state index contributed by atoms with van der Waals surface area (Å²) in [6.45, 7) is 0.819. The van der Waals surface area contributed by atoms with E-state index in [-0.39, 0.29) is 18.6 Å². The molecular formula is C14H17N3O3. The Morgan fingerprint density at radius 2 is 2.35 bits per heavy atom. The average molecular weight is 275 g/mol. The second-order valence-corrected chi connectivity index (χ2v) is 5.14. The zero-order valence-electron chi connectivity index (χ0n) is 11.5. The minimum atomic E-state index is -0.278. The lowest BCUT2D eigenvalue weighted by atomic mass is 9.98. The Balaban J connectivity index is 1.80. The van der Waals surface area contributed by atoms with Gasteiger partial charge in [-0.05, 0) is 32.3 Å². The van der Waals surface area contributed by atoms with E-state index >= 15 is 0 Å². The molecule has 1 unspecified atom stereocenters. The van der Waals surface area contributed by atoms with E-state index < -0.39 is 0 Å². The van der Waals surface area contributed by atoms with Crippen LogP contribution in [0.5, 0.6) is 11.5 Å². The molecule has 1 aromatic carbocycles. The van der Waals surface area contributed by atoms with Crippen LogP contribution in [-0.4, -0.2) is 38.1 Å². The van der Waals surface area contributed by atoms with Crippen molar-refractivity contribution in [1.29, 1.82) is 0 Å². The molecule has 1 aromatic rings. The van der Waals surface area contributed by atoms with Gasteiger partial charge in [0.25, 0.3) is 0 Å². The predicted molar refractivity (Wildman–Crippen MR) is 73.2 cm³/mol. The highest BCUT2D eigenvalue weighted by atomic mass is 16.5. The maximum absolute atomic E-state index is 11.7. The van der Waals surface area contributed by atoms with Gasteiger partial charge < -0.3 is 14.9 Å². The van der Waals surface area contributed by atoms with Crippen LogP contribution in [0.15, 0.2) is 30.0 Å². The van der Waals surface area contributed by atoms with Gasteiger partial charge in [-0.15, -0.1) is 0 Å². The number of hydrogen-bond acceptors (Lipinski definition) is 6. The Morgan fingerprint density at radius 1 is 1.50 bits per heavy atom. The van der Waals surface area contributed by atoms with Crippen molar-refractivity contribution in [2.45, 2.75) is 6.04 Å². The molecule has 1 atom stereocenters. The van der Waals surface area contributed by atoms with Crippen LogP contribution >= 0.6 is 0 Å². The number of benzene rings is 1. The molecule has 0 saturated heterocycles. The molecule has 6 heteroatoms. The number of nitrogens with zero attached hydrogens (tertiary/aromatic N) is 1. The second kappa shape index (κ2) is 5.15. The van der Waals surface area contributed by atoms with Crippen LogP contribution in [0.25, 0.3) is 0 Å². The number of likely N-dealkylation sites (N-methyl/N-ethyl adjacent to an activating group) is 1. The molecule has 20 heavy (non-hydrogen) atoms. The predicted octanol–water partition coefficient (Wildman–Crippen LogP) is 0.579. The molecule has 3 rings (SSSR count). The molecule has 2 N–H and O–H groups in total. The Bertz CT molecular complexity index is 569. The van der Waals surface area contributed by atoms with Crippen LogP contribution in [0.4, 0.5) is 0 Å². The van der Waals surface area contributed by atoms with E-state index in [1.807, 2.05) is 32.4 Å². The summed E-state index contributed by atoms with van der Waals surface area (Å²) >= 11 is 0. The molecule has 0 saturated carbocycles. The molecule has 0 amide bonds. The highest BCUT2D eigenvalue weighted by molar-refractivity contribution is 5.74. The Labute approximate surface area is 117 Å². The molecule has 0 spiro atoms. The van der Waals surface area contributed by atoms with E-state index in [1.165, 1.54) is 0 Å². The summed E-state index contributed by atoms with van der Waals surface area (Å²) in [5, 5.41) is 0. The minimum Gasteiger partial charge on any atom is -0.489 e. The number of fused-ring (bicyclic) bond motifs is 3. The molecule has 106 valence electrons. The Kier molecular flexibility index (Phi) is 3.33. The van der Waals surface area contributed by atoms with Gasteiger partial charge in [-0.2, -0.15) is 0 Å². The van der Waals surface area contributed by atoms with Crippen molar-refractivity contribution in [1.82, 2.24) is 15.8 Å². The number of carbonyl (C=O) groups excluding carboxylic acids is 1. The molecule has 6 nitrogen and oxygen atoms in total. The third-order valence-corrected chi connectivity index (χ3v) is 3.22. The van der Waals surface area contributed by atoms with Crippen LogP contribution in [0.2, 0.25) is 0 Å². The Morgan fingerprint density at radius 3 is 3.15 bits per heavy atom. The molecule has 0 radical (unpaired) electrons. The lowest BCUT2D eigenvalue weighted by Crippen LogP contribution is -2.29. The van der Waals surface area contributed by atoms with E-state index in [9.17, 15) is 4.79 Å². The second-order valence-electron chi connectivity index (χ2n) is 5.14. The maximum Gasteiger partial charge on any atom is 0.325 e. The van der Waals surface area contributed by atoms with Crippen molar-refractivity contribution in [2.75, 3.05) is 27.2 Å². The largest absolute Gasteiger partial charge is 0.489 e. The number of hydrazine groups is 1. The van der Waals surface area contributed by atoms with E-state index in [1.54, 1.807) is 11.0 Å². The van der Waals surface area contributed by atoms with Gasteiger partial charge in [0.2, 0.25) is 0 Å². The van der Waals surface area contributed by atoms with Gasteiger partial charge in [-0.1, -0.05) is 0 Å². The van der Waals surface area contributed by atoms with Crippen LogP contribution < -0.4 is 20.3 Å². The molecule has 2 aliphatic heterocycles. The van der Waals surface area contributed by atoms with Gasteiger partial charge in [-0.25, -0.2) is 5.43 Å².